The third-order valence-electron chi connectivity index (χ3n) is 4.48. The van der Waals surface area contributed by atoms with E-state index in [-0.39, 0.29) is 10.7 Å². The van der Waals surface area contributed by atoms with E-state index in [1.807, 2.05) is 43.3 Å². The summed E-state index contributed by atoms with van der Waals surface area (Å²) >= 11 is 6.16. The number of imide groups is 1. The molecule has 0 aliphatic carbocycles. The van der Waals surface area contributed by atoms with E-state index < -0.39 is 11.8 Å². The number of hydrogen-bond donors (Lipinski definition) is 1. The summed E-state index contributed by atoms with van der Waals surface area (Å²) in [5, 5.41) is 2.90. The maximum Gasteiger partial charge on any atom is 0.283 e. The van der Waals surface area contributed by atoms with Gasteiger partial charge in [-0.05, 0) is 47.7 Å². The van der Waals surface area contributed by atoms with Crippen LogP contribution in [-0.4, -0.2) is 11.8 Å². The van der Waals surface area contributed by atoms with Crippen LogP contribution in [-0.2, 0) is 16.0 Å². The van der Waals surface area contributed by atoms with Crippen molar-refractivity contribution < 1.29 is 9.59 Å². The number of amides is 2. The smallest absolute Gasteiger partial charge is 0.283 e. The molecule has 1 heterocycles. The van der Waals surface area contributed by atoms with Crippen molar-refractivity contribution in [3.05, 3.63) is 70.4 Å². The second-order valence-corrected chi connectivity index (χ2v) is 6.93. The molecule has 2 amide bonds. The van der Waals surface area contributed by atoms with Crippen LogP contribution in [0.25, 0.3) is 0 Å². The van der Waals surface area contributed by atoms with Crippen LogP contribution in [0, 0.1) is 0 Å². The zero-order chi connectivity index (χ0) is 18.8. The molecule has 0 aromatic heterocycles. The Morgan fingerprint density at radius 1 is 0.962 bits per heavy atom. The van der Waals surface area contributed by atoms with Gasteiger partial charge in [0, 0.05) is 5.69 Å². The molecule has 0 saturated carbocycles. The summed E-state index contributed by atoms with van der Waals surface area (Å²) in [6.07, 6.45) is 0.889. The van der Waals surface area contributed by atoms with Crippen molar-refractivity contribution in [2.24, 2.45) is 0 Å². The van der Waals surface area contributed by atoms with Gasteiger partial charge in [-0.2, -0.15) is 0 Å². The van der Waals surface area contributed by atoms with Crippen LogP contribution in [0.5, 0.6) is 0 Å². The predicted octanol–water partition coefficient (Wildman–Crippen LogP) is 4.81. The Hall–Kier alpha value is -2.59. The average Bonchev–Trinajstić information content (AvgIpc) is 2.86. The molecule has 3 rings (SSSR count). The molecule has 0 saturated heterocycles. The van der Waals surface area contributed by atoms with E-state index in [1.54, 1.807) is 12.1 Å². The molecule has 26 heavy (non-hydrogen) atoms. The molecule has 2 aromatic carbocycles. The summed E-state index contributed by atoms with van der Waals surface area (Å²) in [7, 11) is 0. The number of nitrogens with zero attached hydrogens (tertiary/aromatic N) is 1. The van der Waals surface area contributed by atoms with Gasteiger partial charge in [0.05, 0.1) is 5.69 Å². The normalized spacial score (nSPS) is 14.6. The highest BCUT2D eigenvalue weighted by molar-refractivity contribution is 6.53. The Bertz CT molecular complexity index is 868. The van der Waals surface area contributed by atoms with Crippen LogP contribution in [0.1, 0.15) is 37.8 Å². The fourth-order valence-electron chi connectivity index (χ4n) is 2.82. The van der Waals surface area contributed by atoms with Crippen molar-refractivity contribution in [2.75, 3.05) is 10.2 Å². The molecule has 0 unspecified atom stereocenters. The van der Waals surface area contributed by atoms with Gasteiger partial charge >= 0.3 is 0 Å². The molecule has 0 bridgehead atoms. The average molecular weight is 369 g/mol. The fourth-order valence-corrected chi connectivity index (χ4v) is 3.03. The molecular weight excluding hydrogens is 348 g/mol. The minimum Gasteiger partial charge on any atom is -0.350 e. The number of carbonyl (C=O) groups is 2. The highest BCUT2D eigenvalue weighted by Crippen LogP contribution is 2.30. The van der Waals surface area contributed by atoms with E-state index in [4.69, 9.17) is 11.6 Å². The first-order valence-electron chi connectivity index (χ1n) is 8.66. The van der Waals surface area contributed by atoms with E-state index in [0.29, 0.717) is 17.3 Å². The Kier molecular flexibility index (Phi) is 5.14. The lowest BCUT2D eigenvalue weighted by Gasteiger charge is -2.15. The van der Waals surface area contributed by atoms with Crippen molar-refractivity contribution in [2.45, 2.75) is 33.1 Å². The van der Waals surface area contributed by atoms with Crippen LogP contribution in [0.4, 0.5) is 11.4 Å². The van der Waals surface area contributed by atoms with Crippen LogP contribution in [0.3, 0.4) is 0 Å². The quantitative estimate of drug-likeness (QED) is 0.770. The van der Waals surface area contributed by atoms with E-state index in [1.165, 1.54) is 5.56 Å². The van der Waals surface area contributed by atoms with E-state index in [2.05, 4.69) is 19.2 Å². The number of anilines is 2. The molecule has 1 aliphatic heterocycles. The summed E-state index contributed by atoms with van der Waals surface area (Å²) in [5.74, 6) is -0.539. The molecule has 0 fully saturated rings. The van der Waals surface area contributed by atoms with Gasteiger partial charge in [-0.3, -0.25) is 9.59 Å². The number of rotatable bonds is 5. The SMILES string of the molecule is CCc1ccc(N2C(=O)C(Cl)=C(Nc3ccc(C(C)C)cc3)C2=O)cc1. The van der Waals surface area contributed by atoms with Gasteiger partial charge in [0.1, 0.15) is 10.7 Å². The molecule has 0 spiro atoms. The summed E-state index contributed by atoms with van der Waals surface area (Å²) in [6.45, 7) is 6.28. The van der Waals surface area contributed by atoms with Gasteiger partial charge in [-0.25, -0.2) is 4.90 Å². The number of nitrogens with one attached hydrogen (secondary N) is 1. The monoisotopic (exact) mass is 368 g/mol. The molecule has 5 heteroatoms. The highest BCUT2D eigenvalue weighted by Gasteiger charge is 2.38. The van der Waals surface area contributed by atoms with E-state index in [0.717, 1.165) is 16.9 Å². The van der Waals surface area contributed by atoms with Gasteiger partial charge in [-0.15, -0.1) is 0 Å². The molecule has 4 nitrogen and oxygen atoms in total. The lowest BCUT2D eigenvalue weighted by molar-refractivity contribution is -0.120. The minimum atomic E-state index is -0.512. The summed E-state index contributed by atoms with van der Waals surface area (Å²) < 4.78 is 0. The molecule has 1 N–H and O–H groups in total. The van der Waals surface area contributed by atoms with Gasteiger partial charge in [-0.1, -0.05) is 56.6 Å². The third-order valence-corrected chi connectivity index (χ3v) is 4.83. The molecular formula is C21H21ClN2O2. The first kappa shape index (κ1) is 18.2. The zero-order valence-corrected chi connectivity index (χ0v) is 15.8. The lowest BCUT2D eigenvalue weighted by atomic mass is 10.0. The highest BCUT2D eigenvalue weighted by atomic mass is 35.5. The second kappa shape index (κ2) is 7.34. The van der Waals surface area contributed by atoms with Gasteiger partial charge in [0.15, 0.2) is 0 Å². The third kappa shape index (κ3) is 3.37. The first-order valence-corrected chi connectivity index (χ1v) is 9.04. The van der Waals surface area contributed by atoms with Gasteiger partial charge in [0.2, 0.25) is 0 Å². The lowest BCUT2D eigenvalue weighted by Crippen LogP contribution is -2.32. The van der Waals surface area contributed by atoms with Gasteiger partial charge < -0.3 is 5.32 Å². The predicted molar refractivity (Wildman–Crippen MR) is 105 cm³/mol. The summed E-state index contributed by atoms with van der Waals surface area (Å²) in [6, 6.07) is 15.1. The summed E-state index contributed by atoms with van der Waals surface area (Å²) in [5.41, 5.74) is 3.67. The van der Waals surface area contributed by atoms with Crippen molar-refractivity contribution >= 4 is 34.8 Å². The van der Waals surface area contributed by atoms with E-state index in [9.17, 15) is 9.59 Å². The maximum atomic E-state index is 12.8. The topological polar surface area (TPSA) is 49.4 Å². The minimum absolute atomic E-state index is 0.0949. The fraction of sp³-hybridized carbons (Fsp3) is 0.238. The number of benzene rings is 2. The Morgan fingerprint density at radius 2 is 1.58 bits per heavy atom. The van der Waals surface area contributed by atoms with Crippen LogP contribution in [0.15, 0.2) is 59.3 Å². The van der Waals surface area contributed by atoms with E-state index >= 15 is 0 Å². The largest absolute Gasteiger partial charge is 0.350 e. The van der Waals surface area contributed by atoms with Crippen molar-refractivity contribution in [3.8, 4) is 0 Å². The molecule has 0 radical (unpaired) electrons. The summed E-state index contributed by atoms with van der Waals surface area (Å²) in [4.78, 5) is 26.4. The molecule has 2 aromatic rings. The van der Waals surface area contributed by atoms with Crippen LogP contribution < -0.4 is 10.2 Å². The Balaban J connectivity index is 1.83. The molecule has 1 aliphatic rings. The van der Waals surface area contributed by atoms with Crippen LogP contribution >= 0.6 is 11.6 Å². The van der Waals surface area contributed by atoms with Gasteiger partial charge in [0.25, 0.3) is 11.8 Å². The molecule has 0 atom stereocenters. The second-order valence-electron chi connectivity index (χ2n) is 6.56. The standard InChI is InChI=1S/C21H21ClN2O2/c1-4-14-5-11-17(12-6-14)24-20(25)18(22)19(21(24)26)23-16-9-7-15(8-10-16)13(2)3/h5-13,23H,4H2,1-3H3. The number of halogens is 1. The Labute approximate surface area is 158 Å². The molecule has 134 valence electrons. The van der Waals surface area contributed by atoms with Crippen LogP contribution in [0.2, 0.25) is 0 Å². The first-order chi connectivity index (χ1) is 12.4. The Morgan fingerprint density at radius 3 is 2.12 bits per heavy atom. The van der Waals surface area contributed by atoms with Crippen molar-refractivity contribution in [1.29, 1.82) is 0 Å². The number of aryl methyl sites for hydroxylation is 1. The maximum absolute atomic E-state index is 12.8. The zero-order valence-electron chi connectivity index (χ0n) is 15.0. The van der Waals surface area contributed by atoms with Crippen molar-refractivity contribution in [3.63, 3.8) is 0 Å². The number of hydrogen-bond acceptors (Lipinski definition) is 3. The number of carbonyl (C=O) groups excluding carboxylic acids is 2. The van der Waals surface area contributed by atoms with Crippen molar-refractivity contribution in [1.82, 2.24) is 0 Å².